The van der Waals surface area contributed by atoms with Gasteiger partial charge in [-0.1, -0.05) is 83.1 Å². The summed E-state index contributed by atoms with van der Waals surface area (Å²) in [6.07, 6.45) is 2.52. The van der Waals surface area contributed by atoms with Gasteiger partial charge in [0.2, 0.25) is 10.0 Å². The van der Waals surface area contributed by atoms with E-state index < -0.39 is 10.0 Å². The van der Waals surface area contributed by atoms with Crippen LogP contribution in [0.5, 0.6) is 11.5 Å². The maximum Gasteiger partial charge on any atom is 0.306 e. The summed E-state index contributed by atoms with van der Waals surface area (Å²) < 4.78 is 48.4. The molecule has 0 saturated carbocycles. The Kier molecular flexibility index (Phi) is 14.8. The van der Waals surface area contributed by atoms with E-state index in [-0.39, 0.29) is 23.1 Å². The molecule has 1 aliphatic heterocycles. The third-order valence-corrected chi connectivity index (χ3v) is 10.1. The lowest BCUT2D eigenvalue weighted by Crippen LogP contribution is -2.45. The van der Waals surface area contributed by atoms with Gasteiger partial charge in [0.25, 0.3) is 0 Å². The van der Waals surface area contributed by atoms with E-state index >= 15 is 0 Å². The van der Waals surface area contributed by atoms with Crippen molar-refractivity contribution in [2.24, 2.45) is 17.3 Å². The molecule has 0 unspecified atom stereocenters. The molecule has 0 spiro atoms. The molecule has 1 saturated heterocycles. The summed E-state index contributed by atoms with van der Waals surface area (Å²) in [5.41, 5.74) is 4.20. The molecule has 0 amide bonds. The number of carbonyl (C=O) groups is 1. The van der Waals surface area contributed by atoms with Crippen molar-refractivity contribution in [2.45, 2.75) is 73.6 Å². The molecule has 0 aromatic heterocycles. The number of ether oxygens (including phenoxy) is 4. The first kappa shape index (κ1) is 38.1. The maximum atomic E-state index is 12.9. The van der Waals surface area contributed by atoms with Crippen molar-refractivity contribution in [2.75, 3.05) is 33.2 Å². The number of nitrogens with zero attached hydrogens (tertiary/aromatic N) is 1. The molecule has 9 heteroatoms. The van der Waals surface area contributed by atoms with Crippen LogP contribution < -0.4 is 9.47 Å². The molecule has 0 radical (unpaired) electrons. The Hall–Kier alpha value is -3.40. The molecule has 0 bridgehead atoms. The topological polar surface area (TPSA) is 91.4 Å². The fourth-order valence-corrected chi connectivity index (χ4v) is 7.33. The predicted molar refractivity (Wildman–Crippen MR) is 187 cm³/mol. The van der Waals surface area contributed by atoms with Gasteiger partial charge in [-0.05, 0) is 71.2 Å². The Bertz CT molecular complexity index is 1410. The van der Waals surface area contributed by atoms with Gasteiger partial charge in [0.15, 0.2) is 0 Å². The van der Waals surface area contributed by atoms with Gasteiger partial charge in [-0.15, -0.1) is 0 Å². The van der Waals surface area contributed by atoms with Gasteiger partial charge in [0.05, 0.1) is 39.6 Å². The normalized spacial score (nSPS) is 13.9. The number of hydrogen-bond acceptors (Lipinski definition) is 7. The van der Waals surface area contributed by atoms with E-state index in [4.69, 9.17) is 18.9 Å². The van der Waals surface area contributed by atoms with Crippen molar-refractivity contribution < 1.29 is 32.2 Å². The highest BCUT2D eigenvalue weighted by Crippen LogP contribution is 2.38. The van der Waals surface area contributed by atoms with Crippen LogP contribution in [0.1, 0.15) is 69.7 Å². The molecule has 8 nitrogen and oxygen atoms in total. The van der Waals surface area contributed by atoms with Crippen molar-refractivity contribution in [3.05, 3.63) is 95.1 Å². The average molecular weight is 668 g/mol. The highest BCUT2D eigenvalue weighted by atomic mass is 32.2. The van der Waals surface area contributed by atoms with E-state index in [1.165, 1.54) is 9.87 Å². The van der Waals surface area contributed by atoms with E-state index in [0.29, 0.717) is 45.2 Å². The van der Waals surface area contributed by atoms with Gasteiger partial charge in [-0.25, -0.2) is 8.42 Å². The lowest BCUT2D eigenvalue weighted by atomic mass is 9.76. The first-order valence-electron chi connectivity index (χ1n) is 16.4. The second-order valence-electron chi connectivity index (χ2n) is 13.2. The quantitative estimate of drug-likeness (QED) is 0.147. The molecular formula is C38H53NO7S. The SMILES string of the molecule is CCc1ccc(COC(=O)CC2(CC(C)C)COC2)cc1.COc1ccc(CN(Cc2ccc(OC)cc2)S(=O)(=O)CC(C)C)cc1. The van der Waals surface area contributed by atoms with Crippen LogP contribution in [-0.4, -0.2) is 51.9 Å². The summed E-state index contributed by atoms with van der Waals surface area (Å²) in [6.45, 7) is 12.7. The number of rotatable bonds is 16. The van der Waals surface area contributed by atoms with Crippen molar-refractivity contribution in [1.82, 2.24) is 4.31 Å². The van der Waals surface area contributed by atoms with Crippen LogP contribution >= 0.6 is 0 Å². The van der Waals surface area contributed by atoms with Crippen LogP contribution in [-0.2, 0) is 50.4 Å². The molecular weight excluding hydrogens is 614 g/mol. The Morgan fingerprint density at radius 2 is 1.23 bits per heavy atom. The summed E-state index contributed by atoms with van der Waals surface area (Å²) >= 11 is 0. The van der Waals surface area contributed by atoms with Crippen LogP contribution in [0.3, 0.4) is 0 Å². The molecule has 0 atom stereocenters. The lowest BCUT2D eigenvalue weighted by Gasteiger charge is -2.42. The van der Waals surface area contributed by atoms with Crippen LogP contribution in [0.15, 0.2) is 72.8 Å². The van der Waals surface area contributed by atoms with Crippen LogP contribution in [0.4, 0.5) is 0 Å². The second kappa shape index (κ2) is 18.2. The zero-order valence-electron chi connectivity index (χ0n) is 29.2. The number of methoxy groups -OCH3 is 2. The largest absolute Gasteiger partial charge is 0.497 e. The van der Waals surface area contributed by atoms with Crippen LogP contribution in [0.25, 0.3) is 0 Å². The molecule has 0 N–H and O–H groups in total. The van der Waals surface area contributed by atoms with Crippen LogP contribution in [0, 0.1) is 17.3 Å². The fraction of sp³-hybridized carbons (Fsp3) is 0.500. The van der Waals surface area contributed by atoms with Gasteiger partial charge in [-0.2, -0.15) is 4.31 Å². The van der Waals surface area contributed by atoms with Gasteiger partial charge < -0.3 is 18.9 Å². The fourth-order valence-electron chi connectivity index (χ4n) is 5.59. The third-order valence-electron chi connectivity index (χ3n) is 7.98. The van der Waals surface area contributed by atoms with Crippen molar-refractivity contribution >= 4 is 16.0 Å². The Labute approximate surface area is 282 Å². The van der Waals surface area contributed by atoms with Crippen molar-refractivity contribution in [3.63, 3.8) is 0 Å². The summed E-state index contributed by atoms with van der Waals surface area (Å²) in [6, 6.07) is 23.2. The van der Waals surface area contributed by atoms with Gasteiger partial charge >= 0.3 is 5.97 Å². The molecule has 47 heavy (non-hydrogen) atoms. The van der Waals surface area contributed by atoms with Gasteiger partial charge in [0.1, 0.15) is 18.1 Å². The number of benzene rings is 3. The van der Waals surface area contributed by atoms with E-state index in [1.807, 2.05) is 74.5 Å². The third kappa shape index (κ3) is 12.6. The van der Waals surface area contributed by atoms with Crippen molar-refractivity contribution in [1.29, 1.82) is 0 Å². The summed E-state index contributed by atoms with van der Waals surface area (Å²) in [5, 5.41) is 0. The molecule has 1 fully saturated rings. The maximum absolute atomic E-state index is 12.9. The first-order valence-corrected chi connectivity index (χ1v) is 18.0. The number of esters is 1. The Balaban J connectivity index is 0.000000261. The lowest BCUT2D eigenvalue weighted by molar-refractivity contribution is -0.166. The summed E-state index contributed by atoms with van der Waals surface area (Å²) in [5.74, 6) is 2.15. The highest BCUT2D eigenvalue weighted by Gasteiger charge is 2.41. The Morgan fingerprint density at radius 3 is 1.62 bits per heavy atom. The molecule has 4 rings (SSSR count). The minimum absolute atomic E-state index is 0.0112. The first-order chi connectivity index (χ1) is 22.4. The predicted octanol–water partition coefficient (Wildman–Crippen LogP) is 7.44. The number of aryl methyl sites for hydroxylation is 1. The standard InChI is InChI=1S/C20H27NO4S.C18H26O3/c1-16(2)15-26(22,23)21(13-17-5-9-19(24-3)10-6-17)14-18-7-11-20(25-4)12-8-18;1-4-15-5-7-16(8-6-15)11-21-17(19)10-18(9-14(2)3)12-20-13-18/h5-12,16H,13-15H2,1-4H3;5-8,14H,4,9-13H2,1-3H3. The van der Waals surface area contributed by atoms with E-state index in [0.717, 1.165) is 41.0 Å². The smallest absolute Gasteiger partial charge is 0.306 e. The molecule has 1 aliphatic rings. The van der Waals surface area contributed by atoms with Gasteiger partial charge in [-0.3, -0.25) is 4.79 Å². The summed E-state index contributed by atoms with van der Waals surface area (Å²) in [4.78, 5) is 12.1. The zero-order chi connectivity index (χ0) is 34.5. The number of hydrogen-bond donors (Lipinski definition) is 0. The highest BCUT2D eigenvalue weighted by molar-refractivity contribution is 7.89. The second-order valence-corrected chi connectivity index (χ2v) is 15.2. The average Bonchev–Trinajstić information content (AvgIpc) is 3.03. The Morgan fingerprint density at radius 1 is 0.766 bits per heavy atom. The van der Waals surface area contributed by atoms with Crippen LogP contribution in [0.2, 0.25) is 0 Å². The molecule has 0 aliphatic carbocycles. The molecule has 3 aromatic rings. The molecule has 3 aromatic carbocycles. The number of sulfonamides is 1. The van der Waals surface area contributed by atoms with Gasteiger partial charge in [0, 0.05) is 18.5 Å². The zero-order valence-corrected chi connectivity index (χ0v) is 30.0. The molecule has 1 heterocycles. The van der Waals surface area contributed by atoms with E-state index in [9.17, 15) is 13.2 Å². The van der Waals surface area contributed by atoms with E-state index in [1.54, 1.807) is 14.2 Å². The minimum Gasteiger partial charge on any atom is -0.497 e. The van der Waals surface area contributed by atoms with Crippen molar-refractivity contribution in [3.8, 4) is 11.5 Å². The number of carbonyl (C=O) groups excluding carboxylic acids is 1. The minimum atomic E-state index is -3.38. The van der Waals surface area contributed by atoms with E-state index in [2.05, 4.69) is 32.9 Å². The summed E-state index contributed by atoms with van der Waals surface area (Å²) in [7, 11) is -0.160. The molecule has 258 valence electrons. The monoisotopic (exact) mass is 667 g/mol.